The van der Waals surface area contributed by atoms with Crippen molar-refractivity contribution in [2.45, 2.75) is 37.0 Å². The SMILES string of the molecule is CCn1c(CNS(=O)(=O)c2ccc(C)cc2)nnc1SCC(=O)OC. The molecule has 8 nitrogen and oxygen atoms in total. The minimum absolute atomic E-state index is 0.00976. The molecule has 0 aliphatic carbocycles. The van der Waals surface area contributed by atoms with E-state index in [1.165, 1.54) is 18.9 Å². The molecule has 1 N–H and O–H groups in total. The molecule has 1 aromatic carbocycles. The summed E-state index contributed by atoms with van der Waals surface area (Å²) in [7, 11) is -2.31. The molecule has 25 heavy (non-hydrogen) atoms. The van der Waals surface area contributed by atoms with Gasteiger partial charge in [0.25, 0.3) is 0 Å². The van der Waals surface area contributed by atoms with Gasteiger partial charge in [0.05, 0.1) is 24.3 Å². The van der Waals surface area contributed by atoms with Crippen LogP contribution < -0.4 is 4.72 Å². The number of ether oxygens (including phenoxy) is 1. The molecular formula is C15H20N4O4S2. The zero-order valence-electron chi connectivity index (χ0n) is 14.2. The van der Waals surface area contributed by atoms with Gasteiger partial charge in [-0.05, 0) is 26.0 Å². The highest BCUT2D eigenvalue weighted by molar-refractivity contribution is 7.99. The van der Waals surface area contributed by atoms with Gasteiger partial charge in [-0.2, -0.15) is 0 Å². The fourth-order valence-electron chi connectivity index (χ4n) is 2.02. The third-order valence-corrected chi connectivity index (χ3v) is 5.77. The summed E-state index contributed by atoms with van der Waals surface area (Å²) in [5.74, 6) is 0.229. The molecule has 0 amide bonds. The first kappa shape index (κ1) is 19.4. The van der Waals surface area contributed by atoms with Crippen molar-refractivity contribution < 1.29 is 17.9 Å². The Balaban J connectivity index is 2.08. The first-order valence-corrected chi connectivity index (χ1v) is 10.0. The van der Waals surface area contributed by atoms with Crippen molar-refractivity contribution in [1.82, 2.24) is 19.5 Å². The molecule has 0 atom stereocenters. The number of rotatable bonds is 8. The molecule has 0 spiro atoms. The number of benzene rings is 1. The lowest BCUT2D eigenvalue weighted by Crippen LogP contribution is -2.25. The van der Waals surface area contributed by atoms with Gasteiger partial charge in [0.2, 0.25) is 10.0 Å². The van der Waals surface area contributed by atoms with E-state index in [2.05, 4.69) is 19.7 Å². The molecule has 10 heteroatoms. The second-order valence-corrected chi connectivity index (χ2v) is 7.85. The maximum atomic E-state index is 12.3. The number of sulfonamides is 1. The fourth-order valence-corrected chi connectivity index (χ4v) is 3.85. The van der Waals surface area contributed by atoms with E-state index < -0.39 is 10.0 Å². The molecule has 2 rings (SSSR count). The van der Waals surface area contributed by atoms with Crippen molar-refractivity contribution in [2.75, 3.05) is 12.9 Å². The molecule has 0 bridgehead atoms. The van der Waals surface area contributed by atoms with Gasteiger partial charge in [0.1, 0.15) is 5.82 Å². The Bertz CT molecular complexity index is 832. The average Bonchev–Trinajstić information content (AvgIpc) is 3.00. The Morgan fingerprint density at radius 2 is 1.96 bits per heavy atom. The third-order valence-electron chi connectivity index (χ3n) is 3.41. The number of carbonyl (C=O) groups is 1. The van der Waals surface area contributed by atoms with Gasteiger partial charge >= 0.3 is 5.97 Å². The van der Waals surface area contributed by atoms with E-state index in [4.69, 9.17) is 0 Å². The number of hydrogen-bond donors (Lipinski definition) is 1. The highest BCUT2D eigenvalue weighted by Gasteiger charge is 2.17. The van der Waals surface area contributed by atoms with E-state index in [0.29, 0.717) is 17.5 Å². The van der Waals surface area contributed by atoms with Crippen molar-refractivity contribution in [3.05, 3.63) is 35.7 Å². The van der Waals surface area contributed by atoms with Crippen LogP contribution in [0.5, 0.6) is 0 Å². The predicted molar refractivity (Wildman–Crippen MR) is 93.6 cm³/mol. The van der Waals surface area contributed by atoms with Gasteiger partial charge in [0.15, 0.2) is 5.16 Å². The molecular weight excluding hydrogens is 364 g/mol. The van der Waals surface area contributed by atoms with E-state index in [9.17, 15) is 13.2 Å². The number of esters is 1. The van der Waals surface area contributed by atoms with Crippen LogP contribution in [0, 0.1) is 6.92 Å². The highest BCUT2D eigenvalue weighted by atomic mass is 32.2. The van der Waals surface area contributed by atoms with Crippen LogP contribution in [-0.4, -0.2) is 42.0 Å². The largest absolute Gasteiger partial charge is 0.468 e. The van der Waals surface area contributed by atoms with Gasteiger partial charge in [-0.25, -0.2) is 13.1 Å². The van der Waals surface area contributed by atoms with E-state index in [-0.39, 0.29) is 23.2 Å². The third kappa shape index (κ3) is 5.03. The number of methoxy groups -OCH3 is 1. The van der Waals surface area contributed by atoms with Gasteiger partial charge < -0.3 is 9.30 Å². The van der Waals surface area contributed by atoms with Crippen molar-refractivity contribution in [1.29, 1.82) is 0 Å². The molecule has 1 aromatic heterocycles. The van der Waals surface area contributed by atoms with Crippen molar-refractivity contribution in [3.8, 4) is 0 Å². The number of carbonyl (C=O) groups excluding carboxylic acids is 1. The van der Waals surface area contributed by atoms with Gasteiger partial charge in [0, 0.05) is 6.54 Å². The van der Waals surface area contributed by atoms with Crippen molar-refractivity contribution >= 4 is 27.8 Å². The number of nitrogens with zero attached hydrogens (tertiary/aromatic N) is 3. The minimum Gasteiger partial charge on any atom is -0.468 e. The lowest BCUT2D eigenvalue weighted by Gasteiger charge is -2.09. The summed E-state index contributed by atoms with van der Waals surface area (Å²) >= 11 is 1.19. The maximum absolute atomic E-state index is 12.3. The van der Waals surface area contributed by atoms with Gasteiger partial charge in [-0.15, -0.1) is 10.2 Å². The molecule has 0 saturated carbocycles. The maximum Gasteiger partial charge on any atom is 0.316 e. The topological polar surface area (TPSA) is 103 Å². The molecule has 2 aromatic rings. The summed E-state index contributed by atoms with van der Waals surface area (Å²) in [5, 5.41) is 8.57. The number of thioether (sulfide) groups is 1. The zero-order chi connectivity index (χ0) is 18.4. The molecule has 0 radical (unpaired) electrons. The molecule has 0 saturated heterocycles. The first-order chi connectivity index (χ1) is 11.9. The Labute approximate surface area is 151 Å². The first-order valence-electron chi connectivity index (χ1n) is 7.55. The fraction of sp³-hybridized carbons (Fsp3) is 0.400. The van der Waals surface area contributed by atoms with Crippen LogP contribution in [0.2, 0.25) is 0 Å². The number of nitrogens with one attached hydrogen (secondary N) is 1. The van der Waals surface area contributed by atoms with Crippen LogP contribution in [0.4, 0.5) is 0 Å². The molecule has 0 unspecified atom stereocenters. The summed E-state index contributed by atoms with van der Waals surface area (Å²) in [4.78, 5) is 11.4. The Morgan fingerprint density at radius 1 is 1.28 bits per heavy atom. The second kappa shape index (κ2) is 8.45. The quantitative estimate of drug-likeness (QED) is 0.541. The van der Waals surface area contributed by atoms with Crippen LogP contribution in [0.15, 0.2) is 34.3 Å². The van der Waals surface area contributed by atoms with Crippen LogP contribution in [-0.2, 0) is 32.6 Å². The number of hydrogen-bond acceptors (Lipinski definition) is 7. The molecule has 1 heterocycles. The number of aromatic nitrogens is 3. The molecule has 0 aliphatic heterocycles. The molecule has 0 aliphatic rings. The van der Waals surface area contributed by atoms with Crippen LogP contribution in [0.25, 0.3) is 0 Å². The summed E-state index contributed by atoms with van der Waals surface area (Å²) in [6, 6.07) is 6.59. The molecule has 0 fully saturated rings. The van der Waals surface area contributed by atoms with Gasteiger partial charge in [-0.1, -0.05) is 29.5 Å². The number of aryl methyl sites for hydroxylation is 1. The highest BCUT2D eigenvalue weighted by Crippen LogP contribution is 2.17. The minimum atomic E-state index is -3.63. The summed E-state index contributed by atoms with van der Waals surface area (Å²) in [5.41, 5.74) is 0.983. The second-order valence-electron chi connectivity index (χ2n) is 5.15. The Hall–Kier alpha value is -1.91. The van der Waals surface area contributed by atoms with E-state index in [1.54, 1.807) is 28.8 Å². The summed E-state index contributed by atoms with van der Waals surface area (Å²) in [6.07, 6.45) is 0. The zero-order valence-corrected chi connectivity index (χ0v) is 15.9. The Kier molecular flexibility index (Phi) is 6.57. The van der Waals surface area contributed by atoms with Crippen LogP contribution in [0.3, 0.4) is 0 Å². The smallest absolute Gasteiger partial charge is 0.316 e. The van der Waals surface area contributed by atoms with Crippen LogP contribution in [0.1, 0.15) is 18.3 Å². The monoisotopic (exact) mass is 384 g/mol. The van der Waals surface area contributed by atoms with E-state index in [0.717, 1.165) is 5.56 Å². The normalized spacial score (nSPS) is 11.5. The van der Waals surface area contributed by atoms with E-state index in [1.807, 2.05) is 13.8 Å². The molecule has 136 valence electrons. The standard InChI is InChI=1S/C15H20N4O4S2/c1-4-19-13(17-18-15(19)24-10-14(20)23-3)9-16-25(21,22)12-7-5-11(2)6-8-12/h5-8,16H,4,9-10H2,1-3H3. The lowest BCUT2D eigenvalue weighted by atomic mass is 10.2. The lowest BCUT2D eigenvalue weighted by molar-refractivity contribution is -0.137. The summed E-state index contributed by atoms with van der Waals surface area (Å²) in [6.45, 7) is 4.35. The average molecular weight is 384 g/mol. The predicted octanol–water partition coefficient (Wildman–Crippen LogP) is 1.35. The van der Waals surface area contributed by atoms with Crippen molar-refractivity contribution in [3.63, 3.8) is 0 Å². The van der Waals surface area contributed by atoms with Gasteiger partial charge in [-0.3, -0.25) is 4.79 Å². The van der Waals surface area contributed by atoms with Crippen molar-refractivity contribution in [2.24, 2.45) is 0 Å². The van der Waals surface area contributed by atoms with E-state index >= 15 is 0 Å². The van der Waals surface area contributed by atoms with Crippen LogP contribution >= 0.6 is 11.8 Å². The Morgan fingerprint density at radius 3 is 2.56 bits per heavy atom. The summed E-state index contributed by atoms with van der Waals surface area (Å²) < 4.78 is 33.6.